The molecule has 2 aromatic heterocycles. The van der Waals surface area contributed by atoms with Crippen molar-refractivity contribution in [1.82, 2.24) is 0 Å². The summed E-state index contributed by atoms with van der Waals surface area (Å²) >= 11 is 0. The minimum absolute atomic E-state index is 0.0155. The van der Waals surface area contributed by atoms with E-state index in [9.17, 15) is 0 Å². The molecule has 0 aliphatic heterocycles. The number of fused-ring (bicyclic) bond motifs is 23. The van der Waals surface area contributed by atoms with Gasteiger partial charge in [0.15, 0.2) is 0 Å². The summed E-state index contributed by atoms with van der Waals surface area (Å²) in [5, 5.41) is 4.58. The maximum atomic E-state index is 7.35. The molecule has 0 N–H and O–H groups in total. The summed E-state index contributed by atoms with van der Waals surface area (Å²) in [5.41, 5.74) is 44.6. The second-order valence-electron chi connectivity index (χ2n) is 38.0. The van der Waals surface area contributed by atoms with Crippen molar-refractivity contribution in [2.75, 3.05) is 4.90 Å². The Morgan fingerprint density at radius 1 is 0.272 bits per heavy atom. The van der Waals surface area contributed by atoms with E-state index in [0.717, 1.165) is 55.4 Å². The van der Waals surface area contributed by atoms with Gasteiger partial charge in [-0.2, -0.15) is 0 Å². The van der Waals surface area contributed by atoms with E-state index in [-0.39, 0.29) is 10.8 Å². The summed E-state index contributed by atoms with van der Waals surface area (Å²) in [7, 11) is 0. The first-order chi connectivity index (χ1) is 61.1. The Labute approximate surface area is 736 Å². The normalized spacial score (nSPS) is 15.0. The van der Waals surface area contributed by atoms with Gasteiger partial charge in [0, 0.05) is 54.7 Å². The Kier molecular flexibility index (Phi) is 18.0. The van der Waals surface area contributed by atoms with Crippen LogP contribution in [0.3, 0.4) is 0 Å². The van der Waals surface area contributed by atoms with Crippen LogP contribution in [0.15, 0.2) is 336 Å². The average Bonchev–Trinajstić information content (AvgIpc) is 1.50. The molecule has 2 heterocycles. The minimum atomic E-state index is -0.788. The topological polar surface area (TPSA) is 29.5 Å². The molecule has 23 rings (SSSR count). The molecule has 3 nitrogen and oxygen atoms in total. The predicted octanol–water partition coefficient (Wildman–Crippen LogP) is 33.5. The molecule has 18 aromatic rings. The number of unbranched alkanes of at least 4 members (excludes halogenated alkanes) is 8. The van der Waals surface area contributed by atoms with Gasteiger partial charge in [-0.25, -0.2) is 0 Å². The Morgan fingerprint density at radius 2 is 0.688 bits per heavy atom. The molecule has 0 saturated carbocycles. The van der Waals surface area contributed by atoms with Crippen LogP contribution in [0.5, 0.6) is 0 Å². The SMILES string of the molecule is CCCCCCCC1(CCCCCCC)c2ccccc2-c2ccc(-c3ccc4c(c3)C(C)(C)c3cc(-c5cc6c(c7c5oc5ccccc57)-c5ccc(N(c7ccc8c(c7)C(c7ccccc7)(c7ccccc7)c7cc9c(cc7-8)C(c7ccccc7)(c7ccccc7)c7ccc8oc%10ccccc%10c8c7-9)c7c(C)cc(C)cc7C)cc5C6(C)C)ccc3-4)cc21. The van der Waals surface area contributed by atoms with E-state index in [4.69, 9.17) is 8.83 Å². The van der Waals surface area contributed by atoms with Gasteiger partial charge in [0.1, 0.15) is 22.3 Å². The molecule has 16 aromatic carbocycles. The lowest BCUT2D eigenvalue weighted by molar-refractivity contribution is 0.399. The van der Waals surface area contributed by atoms with E-state index in [2.05, 4.69) is 395 Å². The van der Waals surface area contributed by atoms with E-state index >= 15 is 0 Å². The second-order valence-corrected chi connectivity index (χ2v) is 38.0. The molecule has 5 aliphatic rings. The van der Waals surface area contributed by atoms with Crippen LogP contribution in [-0.4, -0.2) is 0 Å². The molecule has 125 heavy (non-hydrogen) atoms. The predicted molar refractivity (Wildman–Crippen MR) is 523 cm³/mol. The fourth-order valence-corrected chi connectivity index (χ4v) is 24.7. The number of hydrogen-bond donors (Lipinski definition) is 0. The van der Waals surface area contributed by atoms with Crippen molar-refractivity contribution in [1.29, 1.82) is 0 Å². The van der Waals surface area contributed by atoms with Crippen molar-refractivity contribution in [2.45, 2.75) is 166 Å². The van der Waals surface area contributed by atoms with Crippen molar-refractivity contribution >= 4 is 60.9 Å². The lowest BCUT2D eigenvalue weighted by Gasteiger charge is -2.36. The molecule has 3 heteroatoms. The molecule has 0 atom stereocenters. The van der Waals surface area contributed by atoms with Gasteiger partial charge < -0.3 is 13.7 Å². The van der Waals surface area contributed by atoms with Crippen molar-refractivity contribution in [3.63, 3.8) is 0 Å². The lowest BCUT2D eigenvalue weighted by Crippen LogP contribution is -2.30. The molecule has 610 valence electrons. The highest BCUT2D eigenvalue weighted by atomic mass is 16.3. The van der Waals surface area contributed by atoms with Crippen LogP contribution in [0.4, 0.5) is 17.1 Å². The summed E-state index contributed by atoms with van der Waals surface area (Å²) in [6, 6.07) is 126. The third-order valence-corrected chi connectivity index (χ3v) is 30.4. The van der Waals surface area contributed by atoms with Crippen LogP contribution >= 0.6 is 0 Å². The molecule has 0 spiro atoms. The van der Waals surface area contributed by atoms with E-state index in [1.165, 1.54) is 244 Å². The third kappa shape index (κ3) is 11.3. The number of para-hydroxylation sites is 2. The number of anilines is 3. The molecular weight excluding hydrogens is 1510 g/mol. The van der Waals surface area contributed by atoms with Gasteiger partial charge >= 0.3 is 0 Å². The maximum absolute atomic E-state index is 7.35. The van der Waals surface area contributed by atoms with Crippen molar-refractivity contribution in [3.05, 3.63) is 422 Å². The summed E-state index contributed by atoms with van der Waals surface area (Å²) < 4.78 is 14.2. The summed E-state index contributed by atoms with van der Waals surface area (Å²) in [4.78, 5) is 2.60. The zero-order chi connectivity index (χ0) is 84.4. The van der Waals surface area contributed by atoms with Crippen molar-refractivity contribution in [2.24, 2.45) is 0 Å². The molecule has 5 aliphatic carbocycles. The first kappa shape index (κ1) is 76.8. The van der Waals surface area contributed by atoms with Crippen LogP contribution in [0.25, 0.3) is 122 Å². The fraction of sp³-hybridized carbons (Fsp3) is 0.213. The van der Waals surface area contributed by atoms with Gasteiger partial charge in [0.05, 0.1) is 16.5 Å². The standard InChI is InChI=1S/C122H105NO2/c1-10-12-14-16-36-64-120(65-37-17-15-13-11-2)99-49-33-30-46-88(99)91-58-53-80(69-104(91)120)79-52-57-89-90-59-54-81(70-102(90)118(6,7)101(89)68-79)96-73-108-112(115-95-48-32-35-51-110(95)125-117(96)115)93-61-56-86(71-103(93)119(108,8)9)123(116-77(4)66-76(3)67-78(116)5)87-55-60-92-97-74-107-98(75-106(97)122(105(92)72-87,84-42-26-20-27-43-84)85-44-28-21-29-45-85)113-100(62-63-111-114(113)94-47-31-34-50-109(94)124-111)121(107,82-38-22-18-23-39-82)83-40-24-19-25-41-83/h18-35,38-63,66-75H,10-17,36-37,64-65H2,1-9H3. The fourth-order valence-electron chi connectivity index (χ4n) is 24.7. The smallest absolute Gasteiger partial charge is 0.143 e. The quantitative estimate of drug-likeness (QED) is 0.0672. The number of nitrogens with zero attached hydrogens (tertiary/aromatic N) is 1. The lowest BCUT2D eigenvalue weighted by atomic mass is 9.66. The third-order valence-electron chi connectivity index (χ3n) is 30.4. The Morgan fingerprint density at radius 3 is 1.29 bits per heavy atom. The number of benzene rings is 16. The zero-order valence-electron chi connectivity index (χ0n) is 73.4. The molecule has 0 bridgehead atoms. The average molecular weight is 1620 g/mol. The summed E-state index contributed by atoms with van der Waals surface area (Å²) in [6.45, 7) is 21.4. The van der Waals surface area contributed by atoms with E-state index in [0.29, 0.717) is 0 Å². The van der Waals surface area contributed by atoms with Crippen LogP contribution < -0.4 is 4.90 Å². The Hall–Kier alpha value is -13.1. The largest absolute Gasteiger partial charge is 0.456 e. The number of hydrogen-bond acceptors (Lipinski definition) is 3. The molecule has 0 unspecified atom stereocenters. The molecule has 0 radical (unpaired) electrons. The van der Waals surface area contributed by atoms with Gasteiger partial charge in [0.25, 0.3) is 0 Å². The molecular formula is C122H105NO2. The highest BCUT2D eigenvalue weighted by molar-refractivity contribution is 6.20. The van der Waals surface area contributed by atoms with Gasteiger partial charge in [-0.1, -0.05) is 360 Å². The monoisotopic (exact) mass is 1620 g/mol. The van der Waals surface area contributed by atoms with Crippen LogP contribution in [0, 0.1) is 20.8 Å². The van der Waals surface area contributed by atoms with E-state index < -0.39 is 16.2 Å². The van der Waals surface area contributed by atoms with Crippen LogP contribution in [0.1, 0.15) is 213 Å². The van der Waals surface area contributed by atoms with E-state index in [1.54, 1.807) is 11.1 Å². The van der Waals surface area contributed by atoms with Gasteiger partial charge in [-0.15, -0.1) is 0 Å². The second kappa shape index (κ2) is 29.3. The highest BCUT2D eigenvalue weighted by Gasteiger charge is 2.53. The molecule has 0 amide bonds. The zero-order valence-corrected chi connectivity index (χ0v) is 73.4. The van der Waals surface area contributed by atoms with Gasteiger partial charge in [-0.05, 0) is 274 Å². The number of aryl methyl sites for hydroxylation is 3. The van der Waals surface area contributed by atoms with Crippen LogP contribution in [0.2, 0.25) is 0 Å². The highest BCUT2D eigenvalue weighted by Crippen LogP contribution is 2.67. The van der Waals surface area contributed by atoms with Crippen molar-refractivity contribution in [3.8, 4) is 77.9 Å². The van der Waals surface area contributed by atoms with E-state index in [1.807, 2.05) is 0 Å². The molecule has 0 fully saturated rings. The number of rotatable bonds is 21. The first-order valence-corrected chi connectivity index (χ1v) is 46.2. The van der Waals surface area contributed by atoms with Gasteiger partial charge in [-0.3, -0.25) is 0 Å². The summed E-state index contributed by atoms with van der Waals surface area (Å²) in [5.74, 6) is 0. The maximum Gasteiger partial charge on any atom is 0.143 e. The molecule has 0 saturated heterocycles. The number of furan rings is 2. The first-order valence-electron chi connectivity index (χ1n) is 46.2. The Balaban J connectivity index is 0.663. The Bertz CT molecular complexity index is 7290. The van der Waals surface area contributed by atoms with Crippen molar-refractivity contribution < 1.29 is 8.83 Å². The van der Waals surface area contributed by atoms with Crippen LogP contribution in [-0.2, 0) is 27.1 Å². The summed E-state index contributed by atoms with van der Waals surface area (Å²) in [6.07, 6.45) is 15.3. The minimum Gasteiger partial charge on any atom is -0.456 e. The van der Waals surface area contributed by atoms with Gasteiger partial charge in [0.2, 0.25) is 0 Å².